The van der Waals surface area contributed by atoms with Crippen molar-refractivity contribution < 1.29 is 9.53 Å². The summed E-state index contributed by atoms with van der Waals surface area (Å²) in [6.07, 6.45) is 5.45. The smallest absolute Gasteiger partial charge is 0.158 e. The van der Waals surface area contributed by atoms with E-state index in [9.17, 15) is 4.79 Å². The van der Waals surface area contributed by atoms with Crippen LogP contribution in [0.5, 0.6) is 0 Å². The molecule has 0 aliphatic carbocycles. The van der Waals surface area contributed by atoms with Crippen molar-refractivity contribution in [2.45, 2.75) is 51.5 Å². The summed E-state index contributed by atoms with van der Waals surface area (Å²) < 4.78 is 5.47. The molecule has 2 rings (SSSR count). The van der Waals surface area contributed by atoms with E-state index >= 15 is 0 Å². The van der Waals surface area contributed by atoms with E-state index in [0.717, 1.165) is 39.0 Å². The molecular weight excluding hydrogens is 214 g/mol. The summed E-state index contributed by atoms with van der Waals surface area (Å²) in [5.41, 5.74) is -0.248. The largest absolute Gasteiger partial charge is 0.381 e. The van der Waals surface area contributed by atoms with Crippen LogP contribution < -0.4 is 0 Å². The number of ether oxygens (including phenoxy) is 1. The third-order valence-electron chi connectivity index (χ3n) is 4.55. The number of hydrogen-bond donors (Lipinski definition) is 0. The van der Waals surface area contributed by atoms with Gasteiger partial charge in [0.1, 0.15) is 0 Å². The topological polar surface area (TPSA) is 29.5 Å². The number of hydrogen-bond acceptors (Lipinski definition) is 3. The van der Waals surface area contributed by atoms with Gasteiger partial charge in [-0.3, -0.25) is 9.69 Å². The Morgan fingerprint density at radius 2 is 2.06 bits per heavy atom. The van der Waals surface area contributed by atoms with E-state index in [1.54, 1.807) is 0 Å². The molecule has 0 N–H and O–H groups in total. The molecule has 2 atom stereocenters. The fourth-order valence-corrected chi connectivity index (χ4v) is 3.15. The first-order valence-corrected chi connectivity index (χ1v) is 7.05. The van der Waals surface area contributed by atoms with Gasteiger partial charge in [-0.25, -0.2) is 0 Å². The summed E-state index contributed by atoms with van der Waals surface area (Å²) in [5.74, 6) is 0.552. The highest BCUT2D eigenvalue weighted by molar-refractivity contribution is 5.90. The van der Waals surface area contributed by atoms with E-state index in [2.05, 4.69) is 18.7 Å². The molecule has 0 aromatic heterocycles. The van der Waals surface area contributed by atoms with Crippen LogP contribution in [0, 0.1) is 5.92 Å². The Bertz CT molecular complexity index is 267. The lowest BCUT2D eigenvalue weighted by atomic mass is 9.81. The second kappa shape index (κ2) is 5.49. The van der Waals surface area contributed by atoms with E-state index < -0.39 is 0 Å². The normalized spacial score (nSPS) is 30.1. The third kappa shape index (κ3) is 2.55. The highest BCUT2D eigenvalue weighted by Gasteiger charge is 2.42. The van der Waals surface area contributed by atoms with Crippen LogP contribution >= 0.6 is 0 Å². The average Bonchev–Trinajstić information content (AvgIpc) is 2.92. The Balaban J connectivity index is 2.07. The molecule has 2 fully saturated rings. The average molecular weight is 239 g/mol. The first-order chi connectivity index (χ1) is 8.18. The fraction of sp³-hybridized carbons (Fsp3) is 0.929. The zero-order valence-corrected chi connectivity index (χ0v) is 11.2. The lowest BCUT2D eigenvalue weighted by molar-refractivity contribution is -0.138. The third-order valence-corrected chi connectivity index (χ3v) is 4.55. The molecule has 2 aliphatic heterocycles. The molecule has 2 unspecified atom stereocenters. The van der Waals surface area contributed by atoms with Gasteiger partial charge in [0.25, 0.3) is 0 Å². The minimum absolute atomic E-state index is 0.134. The van der Waals surface area contributed by atoms with Gasteiger partial charge in [-0.05, 0) is 52.1 Å². The minimum atomic E-state index is -0.248. The maximum Gasteiger partial charge on any atom is 0.158 e. The van der Waals surface area contributed by atoms with Crippen LogP contribution in [-0.2, 0) is 9.53 Å². The number of Topliss-reactive ketones (excluding diaryl/α,β-unsaturated/α-hetero) is 1. The summed E-state index contributed by atoms with van der Waals surface area (Å²) in [5, 5.41) is 0. The second-order valence-corrected chi connectivity index (χ2v) is 5.60. The maximum absolute atomic E-state index is 12.7. The number of likely N-dealkylation sites (tertiary alicyclic amines) is 1. The van der Waals surface area contributed by atoms with Crippen molar-refractivity contribution in [2.75, 3.05) is 26.3 Å². The van der Waals surface area contributed by atoms with E-state index in [4.69, 9.17) is 4.74 Å². The van der Waals surface area contributed by atoms with Crippen molar-refractivity contribution in [3.05, 3.63) is 0 Å². The monoisotopic (exact) mass is 239 g/mol. The molecule has 3 nitrogen and oxygen atoms in total. The number of ketones is 1. The molecule has 0 aromatic carbocycles. The van der Waals surface area contributed by atoms with Crippen LogP contribution in [0.1, 0.15) is 46.0 Å². The summed E-state index contributed by atoms with van der Waals surface area (Å²) >= 11 is 0. The van der Waals surface area contributed by atoms with E-state index in [1.165, 1.54) is 12.8 Å². The predicted molar refractivity (Wildman–Crippen MR) is 68.1 cm³/mol. The van der Waals surface area contributed by atoms with Crippen LogP contribution in [-0.4, -0.2) is 42.5 Å². The van der Waals surface area contributed by atoms with Crippen molar-refractivity contribution in [2.24, 2.45) is 5.92 Å². The minimum Gasteiger partial charge on any atom is -0.381 e. The molecule has 0 radical (unpaired) electrons. The SMILES string of the molecule is CCC(C)(C(=O)C1CCCOC1)N1CCCC1. The molecule has 0 spiro atoms. The quantitative estimate of drug-likeness (QED) is 0.753. The summed E-state index contributed by atoms with van der Waals surface area (Å²) in [4.78, 5) is 15.1. The number of rotatable bonds is 4. The Hall–Kier alpha value is -0.410. The van der Waals surface area contributed by atoms with Gasteiger partial charge in [-0.2, -0.15) is 0 Å². The molecule has 0 bridgehead atoms. The van der Waals surface area contributed by atoms with E-state index in [1.807, 2.05) is 0 Å². The van der Waals surface area contributed by atoms with Gasteiger partial charge >= 0.3 is 0 Å². The predicted octanol–water partition coefficient (Wildman–Crippen LogP) is 2.25. The Morgan fingerprint density at radius 3 is 2.59 bits per heavy atom. The Morgan fingerprint density at radius 1 is 1.35 bits per heavy atom. The van der Waals surface area contributed by atoms with Crippen molar-refractivity contribution in [3.63, 3.8) is 0 Å². The molecule has 0 saturated carbocycles. The Kier molecular flexibility index (Phi) is 4.21. The van der Waals surface area contributed by atoms with Crippen molar-refractivity contribution >= 4 is 5.78 Å². The van der Waals surface area contributed by atoms with Crippen LogP contribution in [0.3, 0.4) is 0 Å². The van der Waals surface area contributed by atoms with Gasteiger partial charge in [-0.1, -0.05) is 6.92 Å². The molecule has 2 saturated heterocycles. The van der Waals surface area contributed by atoms with Crippen molar-refractivity contribution in [1.29, 1.82) is 0 Å². The molecular formula is C14H25NO2. The summed E-state index contributed by atoms with van der Waals surface area (Å²) in [6, 6.07) is 0. The zero-order valence-electron chi connectivity index (χ0n) is 11.2. The van der Waals surface area contributed by atoms with Gasteiger partial charge in [0.05, 0.1) is 12.1 Å². The number of nitrogens with zero attached hydrogens (tertiary/aromatic N) is 1. The standard InChI is InChI=1S/C14H25NO2/c1-3-14(2,15-8-4-5-9-15)13(16)12-7-6-10-17-11-12/h12H,3-11H2,1-2H3. The summed E-state index contributed by atoms with van der Waals surface area (Å²) in [6.45, 7) is 7.92. The Labute approximate surface area is 105 Å². The van der Waals surface area contributed by atoms with Gasteiger partial charge in [0.15, 0.2) is 5.78 Å². The first kappa shape index (κ1) is 13.0. The molecule has 0 aromatic rings. The van der Waals surface area contributed by atoms with Crippen LogP contribution in [0.4, 0.5) is 0 Å². The van der Waals surface area contributed by atoms with Gasteiger partial charge in [-0.15, -0.1) is 0 Å². The molecule has 2 aliphatic rings. The van der Waals surface area contributed by atoms with Crippen molar-refractivity contribution in [3.8, 4) is 0 Å². The first-order valence-electron chi connectivity index (χ1n) is 7.05. The van der Waals surface area contributed by atoms with E-state index in [0.29, 0.717) is 12.4 Å². The van der Waals surface area contributed by atoms with Gasteiger partial charge in [0, 0.05) is 12.5 Å². The van der Waals surface area contributed by atoms with Gasteiger partial charge in [0.2, 0.25) is 0 Å². The van der Waals surface area contributed by atoms with Crippen LogP contribution in [0.25, 0.3) is 0 Å². The number of carbonyl (C=O) groups is 1. The molecule has 3 heteroatoms. The highest BCUT2D eigenvalue weighted by atomic mass is 16.5. The number of carbonyl (C=O) groups excluding carboxylic acids is 1. The van der Waals surface area contributed by atoms with Gasteiger partial charge < -0.3 is 4.74 Å². The molecule has 17 heavy (non-hydrogen) atoms. The summed E-state index contributed by atoms with van der Waals surface area (Å²) in [7, 11) is 0. The highest BCUT2D eigenvalue weighted by Crippen LogP contribution is 2.30. The zero-order chi connectivity index (χ0) is 12.3. The molecule has 0 amide bonds. The van der Waals surface area contributed by atoms with Crippen LogP contribution in [0.15, 0.2) is 0 Å². The lowest BCUT2D eigenvalue weighted by Crippen LogP contribution is -2.54. The second-order valence-electron chi connectivity index (χ2n) is 5.60. The van der Waals surface area contributed by atoms with E-state index in [-0.39, 0.29) is 11.5 Å². The lowest BCUT2D eigenvalue weighted by Gasteiger charge is -2.39. The fourth-order valence-electron chi connectivity index (χ4n) is 3.15. The molecule has 2 heterocycles. The molecule has 98 valence electrons. The van der Waals surface area contributed by atoms with Crippen molar-refractivity contribution in [1.82, 2.24) is 4.90 Å². The maximum atomic E-state index is 12.7. The van der Waals surface area contributed by atoms with Crippen LogP contribution in [0.2, 0.25) is 0 Å².